The van der Waals surface area contributed by atoms with Gasteiger partial charge < -0.3 is 10.2 Å². The SMILES string of the molecule is C=CCNN(CCC)C(C(=O)O)C(C)O. The van der Waals surface area contributed by atoms with Crippen molar-refractivity contribution in [3.8, 4) is 0 Å². The van der Waals surface area contributed by atoms with Crippen LogP contribution >= 0.6 is 0 Å². The van der Waals surface area contributed by atoms with E-state index in [-0.39, 0.29) is 0 Å². The van der Waals surface area contributed by atoms with Crippen molar-refractivity contribution < 1.29 is 15.0 Å². The lowest BCUT2D eigenvalue weighted by atomic mass is 10.1. The van der Waals surface area contributed by atoms with Crippen molar-refractivity contribution in [3.63, 3.8) is 0 Å². The summed E-state index contributed by atoms with van der Waals surface area (Å²) in [6, 6.07) is -0.926. The average Bonchev–Trinajstić information content (AvgIpc) is 2.13. The summed E-state index contributed by atoms with van der Waals surface area (Å²) >= 11 is 0. The summed E-state index contributed by atoms with van der Waals surface area (Å²) < 4.78 is 0. The number of nitrogens with zero attached hydrogens (tertiary/aromatic N) is 1. The molecule has 3 N–H and O–H groups in total. The molecule has 0 aliphatic rings. The molecule has 2 atom stereocenters. The third-order valence-electron chi connectivity index (χ3n) is 1.95. The number of aliphatic carboxylic acids is 1. The second-order valence-electron chi connectivity index (χ2n) is 3.37. The minimum Gasteiger partial charge on any atom is -0.480 e. The second-order valence-corrected chi connectivity index (χ2v) is 3.37. The molecule has 0 saturated heterocycles. The lowest BCUT2D eigenvalue weighted by molar-refractivity contribution is -0.149. The molecule has 0 radical (unpaired) electrons. The fourth-order valence-corrected chi connectivity index (χ4v) is 1.34. The number of hydrogen-bond donors (Lipinski definition) is 3. The highest BCUT2D eigenvalue weighted by Gasteiger charge is 2.29. The van der Waals surface area contributed by atoms with Crippen molar-refractivity contribution in [1.29, 1.82) is 0 Å². The van der Waals surface area contributed by atoms with E-state index in [2.05, 4.69) is 12.0 Å². The van der Waals surface area contributed by atoms with Gasteiger partial charge in [-0.05, 0) is 13.3 Å². The summed E-state index contributed by atoms with van der Waals surface area (Å²) in [5, 5.41) is 19.9. The molecular weight excluding hydrogens is 196 g/mol. The van der Waals surface area contributed by atoms with E-state index in [1.54, 1.807) is 6.08 Å². The third kappa shape index (κ3) is 4.92. The summed E-state index contributed by atoms with van der Waals surface area (Å²) in [4.78, 5) is 11.0. The highest BCUT2D eigenvalue weighted by molar-refractivity contribution is 5.74. The number of aliphatic hydroxyl groups excluding tert-OH is 1. The molecule has 0 rings (SSSR count). The standard InChI is InChI=1S/C10H20N2O3/c1-4-6-11-12(7-5-2)9(8(3)13)10(14)15/h4,8-9,11,13H,1,5-7H2,2-3H3,(H,14,15). The maximum Gasteiger partial charge on any atom is 0.325 e. The van der Waals surface area contributed by atoms with Crippen LogP contribution in [0.25, 0.3) is 0 Å². The monoisotopic (exact) mass is 216 g/mol. The Hall–Kier alpha value is -0.910. The molecule has 0 aliphatic carbocycles. The number of nitrogens with one attached hydrogen (secondary N) is 1. The second kappa shape index (κ2) is 7.39. The molecule has 2 unspecified atom stereocenters. The number of rotatable bonds is 8. The number of carboxylic acid groups (broad SMARTS) is 1. The molecule has 0 aromatic carbocycles. The highest BCUT2D eigenvalue weighted by Crippen LogP contribution is 2.03. The molecule has 0 aromatic heterocycles. The van der Waals surface area contributed by atoms with Gasteiger partial charge in [0.25, 0.3) is 0 Å². The van der Waals surface area contributed by atoms with Crippen LogP contribution in [0.15, 0.2) is 12.7 Å². The molecular formula is C10H20N2O3. The van der Waals surface area contributed by atoms with Gasteiger partial charge in [-0.15, -0.1) is 6.58 Å². The molecule has 15 heavy (non-hydrogen) atoms. The van der Waals surface area contributed by atoms with Crippen molar-refractivity contribution in [1.82, 2.24) is 10.4 Å². The summed E-state index contributed by atoms with van der Waals surface area (Å²) in [5.74, 6) is -1.03. The summed E-state index contributed by atoms with van der Waals surface area (Å²) in [6.07, 6.45) is 1.52. The molecule has 0 amide bonds. The van der Waals surface area contributed by atoms with Gasteiger partial charge in [-0.1, -0.05) is 13.0 Å². The Kier molecular flexibility index (Phi) is 6.94. The molecule has 0 heterocycles. The van der Waals surface area contributed by atoms with Gasteiger partial charge in [0, 0.05) is 13.1 Å². The van der Waals surface area contributed by atoms with Gasteiger partial charge in [0.1, 0.15) is 6.04 Å². The number of hydrogen-bond acceptors (Lipinski definition) is 4. The molecule has 5 nitrogen and oxygen atoms in total. The number of hydrazine groups is 1. The summed E-state index contributed by atoms with van der Waals surface area (Å²) in [6.45, 7) is 8.01. The first-order valence-electron chi connectivity index (χ1n) is 5.06. The average molecular weight is 216 g/mol. The molecule has 0 bridgehead atoms. The maximum absolute atomic E-state index is 11.0. The van der Waals surface area contributed by atoms with E-state index in [1.807, 2.05) is 6.92 Å². The van der Waals surface area contributed by atoms with Crippen molar-refractivity contribution >= 4 is 5.97 Å². The van der Waals surface area contributed by atoms with E-state index in [1.165, 1.54) is 11.9 Å². The van der Waals surface area contributed by atoms with Gasteiger partial charge in [0.05, 0.1) is 6.10 Å². The van der Waals surface area contributed by atoms with E-state index in [0.29, 0.717) is 13.1 Å². The third-order valence-corrected chi connectivity index (χ3v) is 1.95. The Morgan fingerprint density at radius 2 is 2.27 bits per heavy atom. The van der Waals surface area contributed by atoms with Crippen LogP contribution in [0.5, 0.6) is 0 Å². The molecule has 0 fully saturated rings. The van der Waals surface area contributed by atoms with E-state index in [4.69, 9.17) is 5.11 Å². The normalized spacial score (nSPS) is 14.9. The zero-order chi connectivity index (χ0) is 11.8. The van der Waals surface area contributed by atoms with E-state index in [9.17, 15) is 9.90 Å². The van der Waals surface area contributed by atoms with Gasteiger partial charge >= 0.3 is 5.97 Å². The Morgan fingerprint density at radius 3 is 2.60 bits per heavy atom. The maximum atomic E-state index is 11.0. The van der Waals surface area contributed by atoms with Crippen LogP contribution in [0.2, 0.25) is 0 Å². The Morgan fingerprint density at radius 1 is 1.67 bits per heavy atom. The van der Waals surface area contributed by atoms with Crippen molar-refractivity contribution in [2.75, 3.05) is 13.1 Å². The number of carbonyl (C=O) groups is 1. The minimum atomic E-state index is -1.03. The van der Waals surface area contributed by atoms with Crippen LogP contribution in [0.4, 0.5) is 0 Å². The van der Waals surface area contributed by atoms with Gasteiger partial charge in [-0.25, -0.2) is 5.01 Å². The van der Waals surface area contributed by atoms with Crippen LogP contribution in [-0.2, 0) is 4.79 Å². The fourth-order valence-electron chi connectivity index (χ4n) is 1.34. The van der Waals surface area contributed by atoms with E-state index < -0.39 is 18.1 Å². The predicted molar refractivity (Wildman–Crippen MR) is 58.3 cm³/mol. The smallest absolute Gasteiger partial charge is 0.325 e. The van der Waals surface area contributed by atoms with Gasteiger partial charge in [0.15, 0.2) is 0 Å². The quantitative estimate of drug-likeness (QED) is 0.400. The fraction of sp³-hybridized carbons (Fsp3) is 0.700. The van der Waals surface area contributed by atoms with E-state index in [0.717, 1.165) is 6.42 Å². The Bertz CT molecular complexity index is 207. The lowest BCUT2D eigenvalue weighted by Gasteiger charge is -2.30. The highest BCUT2D eigenvalue weighted by atomic mass is 16.4. The van der Waals surface area contributed by atoms with Crippen LogP contribution in [0, 0.1) is 0 Å². The van der Waals surface area contributed by atoms with Crippen molar-refractivity contribution in [2.45, 2.75) is 32.4 Å². The predicted octanol–water partition coefficient (Wildman–Crippen LogP) is 0.223. The lowest BCUT2D eigenvalue weighted by Crippen LogP contribution is -2.54. The summed E-state index contributed by atoms with van der Waals surface area (Å²) in [5.41, 5.74) is 2.91. The molecule has 0 spiro atoms. The largest absolute Gasteiger partial charge is 0.480 e. The van der Waals surface area contributed by atoms with E-state index >= 15 is 0 Å². The molecule has 5 heteroatoms. The van der Waals surface area contributed by atoms with Gasteiger partial charge in [-0.2, -0.15) is 0 Å². The molecule has 0 aromatic rings. The number of aliphatic hydroxyl groups is 1. The number of carboxylic acids is 1. The molecule has 0 aliphatic heterocycles. The topological polar surface area (TPSA) is 72.8 Å². The minimum absolute atomic E-state index is 0.483. The van der Waals surface area contributed by atoms with Gasteiger partial charge in [0.2, 0.25) is 0 Å². The van der Waals surface area contributed by atoms with Crippen LogP contribution in [0.1, 0.15) is 20.3 Å². The zero-order valence-electron chi connectivity index (χ0n) is 9.31. The first-order chi connectivity index (χ1) is 7.04. The zero-order valence-corrected chi connectivity index (χ0v) is 9.31. The Labute approximate surface area is 90.4 Å². The first-order valence-corrected chi connectivity index (χ1v) is 5.06. The van der Waals surface area contributed by atoms with Gasteiger partial charge in [-0.3, -0.25) is 10.2 Å². The first kappa shape index (κ1) is 14.1. The van der Waals surface area contributed by atoms with Crippen LogP contribution in [-0.4, -0.2) is 46.4 Å². The molecule has 88 valence electrons. The summed E-state index contributed by atoms with van der Waals surface area (Å²) in [7, 11) is 0. The molecule has 0 saturated carbocycles. The Balaban J connectivity index is 4.51. The van der Waals surface area contributed by atoms with Crippen LogP contribution < -0.4 is 5.43 Å². The van der Waals surface area contributed by atoms with Crippen molar-refractivity contribution in [3.05, 3.63) is 12.7 Å². The van der Waals surface area contributed by atoms with Crippen LogP contribution in [0.3, 0.4) is 0 Å². The van der Waals surface area contributed by atoms with Crippen molar-refractivity contribution in [2.24, 2.45) is 0 Å².